The normalized spacial score (nSPS) is 36.9. The Kier molecular flexibility index (Phi) is 2.52. The minimum atomic E-state index is -0.325. The Morgan fingerprint density at radius 2 is 2.14 bits per heavy atom. The fourth-order valence-corrected chi connectivity index (χ4v) is 4.04. The Bertz CT molecular complexity index is 249. The minimum Gasteiger partial charge on any atom is -0.353 e. The second-order valence-electron chi connectivity index (χ2n) is 4.77. The van der Waals surface area contributed by atoms with Gasteiger partial charge in [-0.2, -0.15) is 11.8 Å². The Morgan fingerprint density at radius 3 is 2.79 bits per heavy atom. The zero-order valence-corrected chi connectivity index (χ0v) is 9.67. The van der Waals surface area contributed by atoms with Crippen LogP contribution in [-0.2, 0) is 4.79 Å². The fraction of sp³-hybridized carbons (Fsp3) is 0.900. The van der Waals surface area contributed by atoms with Crippen molar-refractivity contribution in [3.05, 3.63) is 0 Å². The summed E-state index contributed by atoms with van der Waals surface area (Å²) in [7, 11) is 0. The second-order valence-corrected chi connectivity index (χ2v) is 5.88. The summed E-state index contributed by atoms with van der Waals surface area (Å²) in [6, 6.07) is 0. The summed E-state index contributed by atoms with van der Waals surface area (Å²) in [6.07, 6.45) is 1.11. The number of hydrogen-bond donors (Lipinski definition) is 2. The molecule has 2 aliphatic heterocycles. The predicted molar refractivity (Wildman–Crippen MR) is 59.5 cm³/mol. The van der Waals surface area contributed by atoms with Gasteiger partial charge in [0.1, 0.15) is 5.54 Å². The van der Waals surface area contributed by atoms with Crippen molar-refractivity contribution in [1.82, 2.24) is 10.6 Å². The highest BCUT2D eigenvalue weighted by atomic mass is 32.2. The van der Waals surface area contributed by atoms with E-state index >= 15 is 0 Å². The summed E-state index contributed by atoms with van der Waals surface area (Å²) in [5.74, 6) is 2.27. The molecule has 0 aromatic rings. The van der Waals surface area contributed by atoms with E-state index < -0.39 is 0 Å². The number of thioether (sulfide) groups is 1. The SMILES string of the molecule is CC1(C)CCSCC12NCCNC2=O. The number of carbonyl (C=O) groups excluding carboxylic acids is 1. The van der Waals surface area contributed by atoms with Crippen LogP contribution in [0.25, 0.3) is 0 Å². The first kappa shape index (κ1) is 10.3. The summed E-state index contributed by atoms with van der Waals surface area (Å²) in [4.78, 5) is 12.0. The molecule has 0 aromatic carbocycles. The molecule has 1 amide bonds. The molecular weight excluding hydrogens is 196 g/mol. The van der Waals surface area contributed by atoms with Gasteiger partial charge in [-0.3, -0.25) is 4.79 Å². The van der Waals surface area contributed by atoms with Gasteiger partial charge >= 0.3 is 0 Å². The van der Waals surface area contributed by atoms with Crippen molar-refractivity contribution < 1.29 is 4.79 Å². The van der Waals surface area contributed by atoms with Crippen LogP contribution in [0.5, 0.6) is 0 Å². The minimum absolute atomic E-state index is 0.0722. The van der Waals surface area contributed by atoms with Gasteiger partial charge in [0.05, 0.1) is 0 Å². The van der Waals surface area contributed by atoms with E-state index in [2.05, 4.69) is 24.5 Å². The van der Waals surface area contributed by atoms with Crippen LogP contribution < -0.4 is 10.6 Å². The van der Waals surface area contributed by atoms with E-state index in [1.807, 2.05) is 11.8 Å². The van der Waals surface area contributed by atoms with Gasteiger partial charge in [-0.15, -0.1) is 0 Å². The molecule has 0 bridgehead atoms. The first-order chi connectivity index (χ1) is 6.58. The van der Waals surface area contributed by atoms with Crippen LogP contribution in [-0.4, -0.2) is 36.0 Å². The standard InChI is InChI=1S/C10H18N2OS/c1-9(2)3-6-14-7-10(9)8(13)11-4-5-12-10/h12H,3-7H2,1-2H3,(H,11,13). The number of carbonyl (C=O) groups is 1. The fourth-order valence-electron chi connectivity index (χ4n) is 2.31. The highest BCUT2D eigenvalue weighted by Gasteiger charge is 2.53. The molecule has 3 nitrogen and oxygen atoms in total. The molecule has 2 rings (SSSR count). The average molecular weight is 214 g/mol. The Labute approximate surface area is 89.4 Å². The van der Waals surface area contributed by atoms with E-state index in [-0.39, 0.29) is 16.9 Å². The maximum Gasteiger partial charge on any atom is 0.241 e. The Morgan fingerprint density at radius 1 is 1.36 bits per heavy atom. The second kappa shape index (κ2) is 3.42. The molecule has 1 unspecified atom stereocenters. The van der Waals surface area contributed by atoms with Crippen molar-refractivity contribution in [2.75, 3.05) is 24.6 Å². The van der Waals surface area contributed by atoms with Crippen LogP contribution in [0.2, 0.25) is 0 Å². The summed E-state index contributed by atoms with van der Waals surface area (Å²) >= 11 is 1.88. The van der Waals surface area contributed by atoms with E-state index in [0.29, 0.717) is 0 Å². The van der Waals surface area contributed by atoms with E-state index in [1.54, 1.807) is 0 Å². The molecular formula is C10H18N2OS. The molecule has 0 radical (unpaired) electrons. The van der Waals surface area contributed by atoms with Crippen LogP contribution in [0.4, 0.5) is 0 Å². The van der Waals surface area contributed by atoms with Crippen LogP contribution in [0.15, 0.2) is 0 Å². The van der Waals surface area contributed by atoms with Crippen LogP contribution in [0.3, 0.4) is 0 Å². The third kappa shape index (κ3) is 1.36. The lowest BCUT2D eigenvalue weighted by molar-refractivity contribution is -0.133. The smallest absolute Gasteiger partial charge is 0.241 e. The monoisotopic (exact) mass is 214 g/mol. The molecule has 0 saturated carbocycles. The molecule has 2 fully saturated rings. The van der Waals surface area contributed by atoms with Gasteiger partial charge in [0.15, 0.2) is 0 Å². The summed E-state index contributed by atoms with van der Waals surface area (Å²) in [5.41, 5.74) is -0.253. The number of nitrogens with one attached hydrogen (secondary N) is 2. The number of amides is 1. The number of hydrogen-bond acceptors (Lipinski definition) is 3. The summed E-state index contributed by atoms with van der Waals surface area (Å²) < 4.78 is 0. The van der Waals surface area contributed by atoms with Crippen molar-refractivity contribution in [2.24, 2.45) is 5.41 Å². The summed E-state index contributed by atoms with van der Waals surface area (Å²) in [5, 5.41) is 6.43. The zero-order chi connectivity index (χ0) is 10.2. The quantitative estimate of drug-likeness (QED) is 0.621. The topological polar surface area (TPSA) is 41.1 Å². The molecule has 2 aliphatic rings. The Balaban J connectivity index is 2.29. The van der Waals surface area contributed by atoms with Crippen LogP contribution in [0.1, 0.15) is 20.3 Å². The third-order valence-corrected chi connectivity index (χ3v) is 4.70. The van der Waals surface area contributed by atoms with Crippen molar-refractivity contribution >= 4 is 17.7 Å². The molecule has 0 aromatic heterocycles. The van der Waals surface area contributed by atoms with E-state index in [4.69, 9.17) is 0 Å². The molecule has 1 spiro atoms. The van der Waals surface area contributed by atoms with Gasteiger partial charge in [-0.05, 0) is 17.6 Å². The van der Waals surface area contributed by atoms with Crippen molar-refractivity contribution in [2.45, 2.75) is 25.8 Å². The highest BCUT2D eigenvalue weighted by molar-refractivity contribution is 7.99. The van der Waals surface area contributed by atoms with E-state index in [0.717, 1.165) is 25.3 Å². The molecule has 14 heavy (non-hydrogen) atoms. The zero-order valence-electron chi connectivity index (χ0n) is 8.85. The highest BCUT2D eigenvalue weighted by Crippen LogP contribution is 2.42. The molecule has 2 N–H and O–H groups in total. The number of rotatable bonds is 0. The largest absolute Gasteiger partial charge is 0.353 e. The van der Waals surface area contributed by atoms with Gasteiger partial charge in [-0.1, -0.05) is 13.8 Å². The molecule has 80 valence electrons. The Hall–Kier alpha value is -0.220. The lowest BCUT2D eigenvalue weighted by Crippen LogP contribution is -2.72. The van der Waals surface area contributed by atoms with Crippen LogP contribution in [0, 0.1) is 5.41 Å². The maximum absolute atomic E-state index is 12.0. The molecule has 0 aliphatic carbocycles. The number of piperazine rings is 1. The van der Waals surface area contributed by atoms with Gasteiger partial charge in [-0.25, -0.2) is 0 Å². The maximum atomic E-state index is 12.0. The van der Waals surface area contributed by atoms with Gasteiger partial charge in [0.2, 0.25) is 5.91 Å². The first-order valence-electron chi connectivity index (χ1n) is 5.20. The van der Waals surface area contributed by atoms with Crippen molar-refractivity contribution in [3.63, 3.8) is 0 Å². The van der Waals surface area contributed by atoms with E-state index in [9.17, 15) is 4.79 Å². The molecule has 2 heterocycles. The first-order valence-corrected chi connectivity index (χ1v) is 6.35. The predicted octanol–water partition coefficient (Wildman–Crippen LogP) is 0.608. The molecule has 1 atom stereocenters. The molecule has 4 heteroatoms. The van der Waals surface area contributed by atoms with Crippen LogP contribution >= 0.6 is 11.8 Å². The van der Waals surface area contributed by atoms with Gasteiger partial charge in [0.25, 0.3) is 0 Å². The van der Waals surface area contributed by atoms with Crippen molar-refractivity contribution in [3.8, 4) is 0 Å². The third-order valence-electron chi connectivity index (χ3n) is 3.57. The molecule has 2 saturated heterocycles. The van der Waals surface area contributed by atoms with Gasteiger partial charge < -0.3 is 10.6 Å². The summed E-state index contributed by atoms with van der Waals surface area (Å²) in [6.45, 7) is 6.06. The lowest BCUT2D eigenvalue weighted by atomic mass is 9.69. The average Bonchev–Trinajstić information content (AvgIpc) is 2.14. The van der Waals surface area contributed by atoms with Crippen molar-refractivity contribution in [1.29, 1.82) is 0 Å². The lowest BCUT2D eigenvalue weighted by Gasteiger charge is -2.50. The van der Waals surface area contributed by atoms with E-state index in [1.165, 1.54) is 5.75 Å². The van der Waals surface area contributed by atoms with Gasteiger partial charge in [0, 0.05) is 18.8 Å².